The van der Waals surface area contributed by atoms with Crippen LogP contribution in [0.1, 0.15) is 147 Å². The minimum atomic E-state index is 0.0802. The third-order valence-corrected chi connectivity index (χ3v) is 8.24. The summed E-state index contributed by atoms with van der Waals surface area (Å²) in [5.74, 6) is 2.78. The number of aryl methyl sites for hydroxylation is 1. The molecule has 0 aliphatic carbocycles. The summed E-state index contributed by atoms with van der Waals surface area (Å²) in [5, 5.41) is 18.3. The maximum absolute atomic E-state index is 9.08. The molecular formula is C33H56N2O3S. The van der Waals surface area contributed by atoms with Gasteiger partial charge in [0, 0.05) is 12.2 Å². The summed E-state index contributed by atoms with van der Waals surface area (Å²) in [7, 11) is 0. The van der Waals surface area contributed by atoms with Gasteiger partial charge in [-0.2, -0.15) is 0 Å². The molecule has 1 aromatic carbocycles. The standard InChI is InChI=1S/C33H56N2O3S/c1-2-3-4-5-6-7-8-9-12-15-18-21-28-39-33-35-34-32(38-33)22-19-16-13-10-11-14-17-20-27-37-31-25-23-30(29-36)24-26-31/h23-26,36H,2-22,27-29H2,1H3. The Hall–Kier alpha value is -1.53. The van der Waals surface area contributed by atoms with Crippen LogP contribution in [0, 0.1) is 0 Å². The van der Waals surface area contributed by atoms with E-state index in [1.807, 2.05) is 24.3 Å². The number of aromatic nitrogens is 2. The highest BCUT2D eigenvalue weighted by atomic mass is 32.2. The molecule has 0 bridgehead atoms. The molecule has 2 rings (SSSR count). The molecule has 0 aliphatic rings. The van der Waals surface area contributed by atoms with Crippen molar-refractivity contribution in [1.82, 2.24) is 10.2 Å². The Balaban J connectivity index is 1.31. The van der Waals surface area contributed by atoms with Gasteiger partial charge in [0.2, 0.25) is 5.89 Å². The molecule has 0 spiro atoms. The van der Waals surface area contributed by atoms with Gasteiger partial charge in [-0.05, 0) is 37.0 Å². The maximum atomic E-state index is 9.08. The molecule has 39 heavy (non-hydrogen) atoms. The number of ether oxygens (including phenoxy) is 1. The molecule has 0 saturated heterocycles. The lowest BCUT2D eigenvalue weighted by Crippen LogP contribution is -1.97. The van der Waals surface area contributed by atoms with E-state index < -0.39 is 0 Å². The topological polar surface area (TPSA) is 68.4 Å². The van der Waals surface area contributed by atoms with E-state index in [0.717, 1.165) is 54.0 Å². The largest absolute Gasteiger partial charge is 0.494 e. The highest BCUT2D eigenvalue weighted by Crippen LogP contribution is 2.20. The highest BCUT2D eigenvalue weighted by molar-refractivity contribution is 7.99. The second-order valence-electron chi connectivity index (χ2n) is 10.9. The number of unbranched alkanes of at least 4 members (excludes halogenated alkanes) is 18. The summed E-state index contributed by atoms with van der Waals surface area (Å²) in [4.78, 5) is 0. The van der Waals surface area contributed by atoms with Gasteiger partial charge < -0.3 is 14.3 Å². The van der Waals surface area contributed by atoms with Gasteiger partial charge in [-0.3, -0.25) is 0 Å². The fourth-order valence-electron chi connectivity index (χ4n) is 4.82. The summed E-state index contributed by atoms with van der Waals surface area (Å²) in [6.07, 6.45) is 27.4. The Bertz CT molecular complexity index is 797. The number of aliphatic hydroxyl groups is 1. The van der Waals surface area contributed by atoms with E-state index in [-0.39, 0.29) is 6.61 Å². The maximum Gasteiger partial charge on any atom is 0.276 e. The first kappa shape index (κ1) is 33.7. The number of hydrogen-bond acceptors (Lipinski definition) is 6. The van der Waals surface area contributed by atoms with Gasteiger partial charge in [0.25, 0.3) is 5.22 Å². The number of thioether (sulfide) groups is 1. The molecule has 6 heteroatoms. The minimum absolute atomic E-state index is 0.0802. The van der Waals surface area contributed by atoms with E-state index >= 15 is 0 Å². The van der Waals surface area contributed by atoms with Crippen molar-refractivity contribution in [3.8, 4) is 5.75 Å². The van der Waals surface area contributed by atoms with Crippen molar-refractivity contribution >= 4 is 11.8 Å². The summed E-state index contributed by atoms with van der Waals surface area (Å²) in [6, 6.07) is 7.68. The normalized spacial score (nSPS) is 11.3. The predicted molar refractivity (Wildman–Crippen MR) is 165 cm³/mol. The van der Waals surface area contributed by atoms with E-state index in [2.05, 4.69) is 17.1 Å². The first-order valence-electron chi connectivity index (χ1n) is 16.1. The molecule has 0 saturated carbocycles. The molecule has 222 valence electrons. The van der Waals surface area contributed by atoms with E-state index in [1.54, 1.807) is 11.8 Å². The fraction of sp³-hybridized carbons (Fsp3) is 0.758. The third-order valence-electron chi connectivity index (χ3n) is 7.33. The molecule has 0 unspecified atom stereocenters. The first-order chi connectivity index (χ1) is 19.3. The van der Waals surface area contributed by atoms with Crippen molar-refractivity contribution < 1.29 is 14.3 Å². The smallest absolute Gasteiger partial charge is 0.276 e. The van der Waals surface area contributed by atoms with Gasteiger partial charge in [0.15, 0.2) is 0 Å². The molecule has 0 amide bonds. The third kappa shape index (κ3) is 18.4. The van der Waals surface area contributed by atoms with Crippen LogP contribution in [0.4, 0.5) is 0 Å². The van der Waals surface area contributed by atoms with Crippen molar-refractivity contribution in [3.63, 3.8) is 0 Å². The quantitative estimate of drug-likeness (QED) is 0.0866. The van der Waals surface area contributed by atoms with Crippen LogP contribution in [0.15, 0.2) is 33.9 Å². The number of rotatable bonds is 27. The van der Waals surface area contributed by atoms with Crippen molar-refractivity contribution in [1.29, 1.82) is 0 Å². The zero-order valence-electron chi connectivity index (χ0n) is 24.8. The van der Waals surface area contributed by atoms with Gasteiger partial charge in [0.05, 0.1) is 13.2 Å². The lowest BCUT2D eigenvalue weighted by molar-refractivity contribution is 0.281. The average Bonchev–Trinajstić information content (AvgIpc) is 3.42. The van der Waals surface area contributed by atoms with E-state index in [0.29, 0.717) is 0 Å². The molecule has 5 nitrogen and oxygen atoms in total. The molecule has 1 heterocycles. The highest BCUT2D eigenvalue weighted by Gasteiger charge is 2.06. The monoisotopic (exact) mass is 560 g/mol. The van der Waals surface area contributed by atoms with Crippen molar-refractivity contribution in [2.75, 3.05) is 12.4 Å². The summed E-state index contributed by atoms with van der Waals surface area (Å²) in [5.41, 5.74) is 0.920. The summed E-state index contributed by atoms with van der Waals surface area (Å²) < 4.78 is 11.6. The lowest BCUT2D eigenvalue weighted by Gasteiger charge is -2.06. The van der Waals surface area contributed by atoms with Crippen LogP contribution in [0.25, 0.3) is 0 Å². The van der Waals surface area contributed by atoms with Gasteiger partial charge in [0.1, 0.15) is 5.75 Å². The molecule has 1 aromatic heterocycles. The molecular weight excluding hydrogens is 504 g/mol. The first-order valence-corrected chi connectivity index (χ1v) is 17.1. The van der Waals surface area contributed by atoms with E-state index in [9.17, 15) is 0 Å². The van der Waals surface area contributed by atoms with Crippen molar-refractivity contribution in [2.24, 2.45) is 0 Å². The Morgan fingerprint density at radius 3 is 1.79 bits per heavy atom. The zero-order valence-corrected chi connectivity index (χ0v) is 25.7. The number of hydrogen-bond donors (Lipinski definition) is 1. The predicted octanol–water partition coefficient (Wildman–Crippen LogP) is 10.1. The van der Waals surface area contributed by atoms with Crippen LogP contribution in [0.2, 0.25) is 0 Å². The second-order valence-corrected chi connectivity index (χ2v) is 12.0. The molecule has 1 N–H and O–H groups in total. The number of benzene rings is 1. The summed E-state index contributed by atoms with van der Waals surface area (Å²) in [6.45, 7) is 3.13. The zero-order chi connectivity index (χ0) is 27.6. The average molecular weight is 561 g/mol. The van der Waals surface area contributed by atoms with Crippen LogP contribution in [0.3, 0.4) is 0 Å². The Kier molecular flexibility index (Phi) is 21.0. The Morgan fingerprint density at radius 2 is 1.21 bits per heavy atom. The van der Waals surface area contributed by atoms with Gasteiger partial charge in [-0.15, -0.1) is 10.2 Å². The SMILES string of the molecule is CCCCCCCCCCCCCCSc1nnc(CCCCCCCCCCOc2ccc(CO)cc2)o1. The molecule has 0 atom stereocenters. The molecule has 0 fully saturated rings. The van der Waals surface area contributed by atoms with Gasteiger partial charge in [-0.25, -0.2) is 0 Å². The second kappa shape index (κ2) is 24.3. The Morgan fingerprint density at radius 1 is 0.667 bits per heavy atom. The van der Waals surface area contributed by atoms with Crippen LogP contribution in [-0.2, 0) is 13.0 Å². The van der Waals surface area contributed by atoms with Gasteiger partial charge >= 0.3 is 0 Å². The summed E-state index contributed by atoms with van der Waals surface area (Å²) >= 11 is 1.72. The van der Waals surface area contributed by atoms with Gasteiger partial charge in [-0.1, -0.05) is 140 Å². The van der Waals surface area contributed by atoms with Crippen LogP contribution < -0.4 is 4.74 Å². The van der Waals surface area contributed by atoms with Crippen molar-refractivity contribution in [2.45, 2.75) is 154 Å². The van der Waals surface area contributed by atoms with E-state index in [4.69, 9.17) is 14.3 Å². The number of nitrogens with zero attached hydrogens (tertiary/aromatic N) is 2. The molecule has 2 aromatic rings. The fourth-order valence-corrected chi connectivity index (χ4v) is 5.60. The van der Waals surface area contributed by atoms with E-state index in [1.165, 1.54) is 116 Å². The lowest BCUT2D eigenvalue weighted by atomic mass is 10.1. The molecule has 0 radical (unpaired) electrons. The van der Waals surface area contributed by atoms with Crippen LogP contribution in [-0.4, -0.2) is 27.7 Å². The number of aliphatic hydroxyl groups excluding tert-OH is 1. The van der Waals surface area contributed by atoms with Crippen LogP contribution >= 0.6 is 11.8 Å². The minimum Gasteiger partial charge on any atom is -0.494 e. The molecule has 0 aliphatic heterocycles. The van der Waals surface area contributed by atoms with Crippen LogP contribution in [0.5, 0.6) is 5.75 Å². The van der Waals surface area contributed by atoms with Crippen molar-refractivity contribution in [3.05, 3.63) is 35.7 Å². The Labute approximate surface area is 243 Å².